The molecule has 0 bridgehead atoms. The molecular weight excluding hydrogens is 295 g/mol. The second kappa shape index (κ2) is 7.11. The Morgan fingerprint density at radius 1 is 1.17 bits per heavy atom. The molecule has 0 unspecified atom stereocenters. The lowest BCUT2D eigenvalue weighted by Gasteiger charge is -2.36. The average molecular weight is 320 g/mol. The van der Waals surface area contributed by atoms with Crippen LogP contribution in [0.1, 0.15) is 39.2 Å². The van der Waals surface area contributed by atoms with E-state index >= 15 is 0 Å². The minimum Gasteiger partial charge on any atom is -0.353 e. The molecule has 0 radical (unpaired) electrons. The first-order valence-electron chi connectivity index (χ1n) is 8.09. The lowest BCUT2D eigenvalue weighted by Crippen LogP contribution is -2.49. The van der Waals surface area contributed by atoms with Crippen LogP contribution in [0.3, 0.4) is 0 Å². The third kappa shape index (κ3) is 5.05. The van der Waals surface area contributed by atoms with Crippen molar-refractivity contribution in [3.05, 3.63) is 35.6 Å². The van der Waals surface area contributed by atoms with Crippen molar-refractivity contribution in [2.45, 2.75) is 46.1 Å². The molecule has 1 aliphatic heterocycles. The van der Waals surface area contributed by atoms with E-state index in [1.165, 1.54) is 12.1 Å². The molecule has 2 amide bonds. The van der Waals surface area contributed by atoms with Crippen molar-refractivity contribution in [1.29, 1.82) is 0 Å². The number of carbonyl (C=O) groups excluding carboxylic acids is 2. The first kappa shape index (κ1) is 17.4. The number of nitrogens with zero attached hydrogens (tertiary/aromatic N) is 1. The predicted molar refractivity (Wildman–Crippen MR) is 87.3 cm³/mol. The fourth-order valence-electron chi connectivity index (χ4n) is 2.77. The number of hydrogen-bond donors (Lipinski definition) is 1. The van der Waals surface area contributed by atoms with Gasteiger partial charge < -0.3 is 10.2 Å². The fraction of sp³-hybridized carbons (Fsp3) is 0.556. The van der Waals surface area contributed by atoms with Gasteiger partial charge in [-0.25, -0.2) is 4.39 Å². The summed E-state index contributed by atoms with van der Waals surface area (Å²) in [5.74, 6) is -0.198. The molecule has 0 spiro atoms. The van der Waals surface area contributed by atoms with Crippen molar-refractivity contribution in [2.24, 2.45) is 5.41 Å². The van der Waals surface area contributed by atoms with Gasteiger partial charge in [-0.1, -0.05) is 32.9 Å². The molecular formula is C18H25FN2O2. The van der Waals surface area contributed by atoms with Crippen molar-refractivity contribution < 1.29 is 14.0 Å². The minimum atomic E-state index is -0.362. The summed E-state index contributed by atoms with van der Waals surface area (Å²) in [6.45, 7) is 7.12. The van der Waals surface area contributed by atoms with Crippen LogP contribution in [-0.2, 0) is 16.0 Å². The summed E-state index contributed by atoms with van der Waals surface area (Å²) in [5.41, 5.74) is 0.433. The van der Waals surface area contributed by atoms with Crippen molar-refractivity contribution in [1.82, 2.24) is 10.2 Å². The van der Waals surface area contributed by atoms with Gasteiger partial charge in [-0.15, -0.1) is 0 Å². The van der Waals surface area contributed by atoms with Crippen molar-refractivity contribution >= 4 is 11.8 Å². The van der Waals surface area contributed by atoms with Crippen LogP contribution >= 0.6 is 0 Å². The van der Waals surface area contributed by atoms with Gasteiger partial charge in [0.2, 0.25) is 11.8 Å². The third-order valence-corrected chi connectivity index (χ3v) is 4.07. The normalized spacial score (nSPS) is 16.3. The monoisotopic (exact) mass is 320 g/mol. The Morgan fingerprint density at radius 2 is 1.74 bits per heavy atom. The quantitative estimate of drug-likeness (QED) is 0.930. The molecule has 1 aromatic rings. The van der Waals surface area contributed by atoms with Crippen molar-refractivity contribution in [3.63, 3.8) is 0 Å². The van der Waals surface area contributed by atoms with Crippen LogP contribution in [0.4, 0.5) is 4.39 Å². The van der Waals surface area contributed by atoms with Crippen LogP contribution in [0.2, 0.25) is 0 Å². The van der Waals surface area contributed by atoms with E-state index in [1.54, 1.807) is 12.1 Å². The molecule has 1 heterocycles. The fourth-order valence-corrected chi connectivity index (χ4v) is 2.77. The van der Waals surface area contributed by atoms with Crippen LogP contribution in [-0.4, -0.2) is 35.8 Å². The van der Waals surface area contributed by atoms with Gasteiger partial charge in [-0.3, -0.25) is 9.59 Å². The Kier molecular flexibility index (Phi) is 5.39. The van der Waals surface area contributed by atoms with E-state index in [0.29, 0.717) is 13.1 Å². The van der Waals surface area contributed by atoms with E-state index in [-0.39, 0.29) is 35.5 Å². The standard InChI is InChI=1S/C18H25FN2O2/c1-18(2,3)17(23)21-10-8-15(9-11-21)20-16(22)12-13-4-6-14(19)7-5-13/h4-7,15H,8-12H2,1-3H3,(H,20,22). The zero-order chi connectivity index (χ0) is 17.0. The largest absolute Gasteiger partial charge is 0.353 e. The summed E-state index contributed by atoms with van der Waals surface area (Å²) < 4.78 is 12.8. The van der Waals surface area contributed by atoms with Crippen LogP contribution in [0.15, 0.2) is 24.3 Å². The lowest BCUT2D eigenvalue weighted by molar-refractivity contribution is -0.140. The summed E-state index contributed by atoms with van der Waals surface area (Å²) in [5, 5.41) is 3.01. The Hall–Kier alpha value is -1.91. The molecule has 5 heteroatoms. The zero-order valence-corrected chi connectivity index (χ0v) is 14.1. The van der Waals surface area contributed by atoms with Gasteiger partial charge in [0.25, 0.3) is 0 Å². The molecule has 1 saturated heterocycles. The third-order valence-electron chi connectivity index (χ3n) is 4.07. The molecule has 4 nitrogen and oxygen atoms in total. The summed E-state index contributed by atoms with van der Waals surface area (Å²) >= 11 is 0. The van der Waals surface area contributed by atoms with Gasteiger partial charge in [0.15, 0.2) is 0 Å². The van der Waals surface area contributed by atoms with E-state index in [0.717, 1.165) is 18.4 Å². The maximum absolute atomic E-state index is 12.8. The molecule has 126 valence electrons. The van der Waals surface area contributed by atoms with Crippen LogP contribution < -0.4 is 5.32 Å². The number of hydrogen-bond acceptors (Lipinski definition) is 2. The van der Waals surface area contributed by atoms with Gasteiger partial charge in [-0.05, 0) is 30.5 Å². The molecule has 2 rings (SSSR count). The van der Waals surface area contributed by atoms with E-state index < -0.39 is 0 Å². The topological polar surface area (TPSA) is 49.4 Å². The van der Waals surface area contributed by atoms with Gasteiger partial charge in [0.05, 0.1) is 6.42 Å². The Labute approximate surface area is 137 Å². The predicted octanol–water partition coefficient (Wildman–Crippen LogP) is 2.52. The van der Waals surface area contributed by atoms with E-state index in [4.69, 9.17) is 0 Å². The first-order chi connectivity index (χ1) is 10.8. The molecule has 0 atom stereocenters. The number of carbonyl (C=O) groups is 2. The number of benzene rings is 1. The summed E-state index contributed by atoms with van der Waals surface area (Å²) in [6, 6.07) is 6.07. The summed E-state index contributed by atoms with van der Waals surface area (Å²) in [7, 11) is 0. The second-order valence-electron chi connectivity index (χ2n) is 7.19. The molecule has 0 aliphatic carbocycles. The van der Waals surface area contributed by atoms with E-state index in [2.05, 4.69) is 5.32 Å². The molecule has 1 aromatic carbocycles. The molecule has 23 heavy (non-hydrogen) atoms. The van der Waals surface area contributed by atoms with E-state index in [9.17, 15) is 14.0 Å². The van der Waals surface area contributed by atoms with Crippen LogP contribution in [0.5, 0.6) is 0 Å². The Balaban J connectivity index is 1.79. The van der Waals surface area contributed by atoms with Crippen LogP contribution in [0, 0.1) is 11.2 Å². The first-order valence-corrected chi connectivity index (χ1v) is 8.09. The SMILES string of the molecule is CC(C)(C)C(=O)N1CCC(NC(=O)Cc2ccc(F)cc2)CC1. The molecule has 1 N–H and O–H groups in total. The summed E-state index contributed by atoms with van der Waals surface area (Å²) in [6.07, 6.45) is 1.80. The van der Waals surface area contributed by atoms with Gasteiger partial charge >= 0.3 is 0 Å². The highest BCUT2D eigenvalue weighted by Gasteiger charge is 2.30. The molecule has 0 saturated carbocycles. The summed E-state index contributed by atoms with van der Waals surface area (Å²) in [4.78, 5) is 26.2. The Bertz CT molecular complexity index is 555. The van der Waals surface area contributed by atoms with E-state index in [1.807, 2.05) is 25.7 Å². The van der Waals surface area contributed by atoms with Gasteiger partial charge in [-0.2, -0.15) is 0 Å². The lowest BCUT2D eigenvalue weighted by atomic mass is 9.93. The number of likely N-dealkylation sites (tertiary alicyclic amines) is 1. The molecule has 0 aromatic heterocycles. The number of rotatable bonds is 3. The second-order valence-corrected chi connectivity index (χ2v) is 7.19. The van der Waals surface area contributed by atoms with Crippen molar-refractivity contribution in [3.8, 4) is 0 Å². The maximum atomic E-state index is 12.8. The minimum absolute atomic E-state index is 0.0581. The number of halogens is 1. The number of nitrogens with one attached hydrogen (secondary N) is 1. The Morgan fingerprint density at radius 3 is 2.26 bits per heavy atom. The highest BCUT2D eigenvalue weighted by molar-refractivity contribution is 5.82. The molecule has 1 aliphatic rings. The average Bonchev–Trinajstić information content (AvgIpc) is 2.49. The molecule has 1 fully saturated rings. The zero-order valence-electron chi connectivity index (χ0n) is 14.1. The van der Waals surface area contributed by atoms with Crippen molar-refractivity contribution in [2.75, 3.05) is 13.1 Å². The number of piperidine rings is 1. The maximum Gasteiger partial charge on any atom is 0.227 e. The van der Waals surface area contributed by atoms with Gasteiger partial charge in [0.1, 0.15) is 5.82 Å². The van der Waals surface area contributed by atoms with Gasteiger partial charge in [0, 0.05) is 24.5 Å². The van der Waals surface area contributed by atoms with Crippen LogP contribution in [0.25, 0.3) is 0 Å². The smallest absolute Gasteiger partial charge is 0.227 e. The highest BCUT2D eigenvalue weighted by Crippen LogP contribution is 2.21. The number of amides is 2. The highest BCUT2D eigenvalue weighted by atomic mass is 19.1.